The molecule has 10 N–H and O–H groups in total. The molecule has 0 radical (unpaired) electrons. The fourth-order valence-electron chi connectivity index (χ4n) is 6.33. The number of amides is 4. The van der Waals surface area contributed by atoms with Gasteiger partial charge in [-0.05, 0) is 17.9 Å². The summed E-state index contributed by atoms with van der Waals surface area (Å²) in [5, 5.41) is 34.4. The number of imide groups is 1. The summed E-state index contributed by atoms with van der Waals surface area (Å²) in [4.78, 5) is 43.3. The molecule has 0 aromatic heterocycles. The number of ether oxygens (including phenoxy) is 1. The molecule has 5 aliphatic rings. The van der Waals surface area contributed by atoms with Crippen molar-refractivity contribution in [3.8, 4) is 5.75 Å². The third-order valence-electron chi connectivity index (χ3n) is 8.45. The molecule has 2 saturated heterocycles. The van der Waals surface area contributed by atoms with E-state index in [1.807, 2.05) is 6.07 Å². The van der Waals surface area contributed by atoms with Crippen molar-refractivity contribution in [3.05, 3.63) is 29.3 Å². The molecule has 1 spiro atoms. The highest BCUT2D eigenvalue weighted by atomic mass is 16.5. The van der Waals surface area contributed by atoms with Crippen LogP contribution in [0.1, 0.15) is 36.2 Å². The second-order valence-electron chi connectivity index (χ2n) is 11.2. The average Bonchev–Trinajstić information content (AvgIpc) is 3.46. The van der Waals surface area contributed by atoms with Crippen molar-refractivity contribution in [2.75, 3.05) is 26.2 Å². The number of nitrogens with two attached hydrogens (primary N) is 2. The summed E-state index contributed by atoms with van der Waals surface area (Å²) in [7, 11) is 0. The molecule has 15 heteroatoms. The monoisotopic (exact) mass is 542 g/mol. The van der Waals surface area contributed by atoms with Crippen molar-refractivity contribution in [2.24, 2.45) is 16.5 Å². The second-order valence-corrected chi connectivity index (χ2v) is 11.2. The summed E-state index contributed by atoms with van der Waals surface area (Å²) in [6.07, 6.45) is 0.796. The number of urea groups is 1. The summed E-state index contributed by atoms with van der Waals surface area (Å²) in [5.41, 5.74) is 11.6. The van der Waals surface area contributed by atoms with Crippen LogP contribution in [0, 0.1) is 0 Å². The number of aliphatic hydroxyl groups is 2. The topological polar surface area (TPSA) is 220 Å². The minimum Gasteiger partial charge on any atom is -0.492 e. The lowest BCUT2D eigenvalue weighted by molar-refractivity contribution is -0.623. The molecule has 39 heavy (non-hydrogen) atoms. The van der Waals surface area contributed by atoms with Gasteiger partial charge in [0.15, 0.2) is 5.96 Å². The number of nitrogens with zero attached hydrogens (tertiary/aromatic N) is 3. The Kier molecular flexibility index (Phi) is 5.29. The van der Waals surface area contributed by atoms with Crippen LogP contribution in [0.4, 0.5) is 4.79 Å². The Labute approximate surface area is 223 Å². The van der Waals surface area contributed by atoms with Gasteiger partial charge in [0.05, 0.1) is 31.8 Å². The van der Waals surface area contributed by atoms with Gasteiger partial charge in [0.25, 0.3) is 5.91 Å². The average molecular weight is 543 g/mol. The van der Waals surface area contributed by atoms with Crippen LogP contribution in [0.25, 0.3) is 0 Å². The van der Waals surface area contributed by atoms with Gasteiger partial charge in [0.2, 0.25) is 17.4 Å². The van der Waals surface area contributed by atoms with Crippen LogP contribution in [0.2, 0.25) is 0 Å². The van der Waals surface area contributed by atoms with E-state index in [9.17, 15) is 24.6 Å². The van der Waals surface area contributed by atoms with Crippen molar-refractivity contribution in [3.63, 3.8) is 0 Å². The molecule has 0 bridgehead atoms. The molecule has 1 aromatic rings. The largest absolute Gasteiger partial charge is 0.492 e. The van der Waals surface area contributed by atoms with E-state index in [2.05, 4.69) is 40.1 Å². The van der Waals surface area contributed by atoms with Gasteiger partial charge in [-0.1, -0.05) is 26.0 Å². The summed E-state index contributed by atoms with van der Waals surface area (Å²) < 4.78 is 7.33. The Balaban J connectivity index is 1.32. The highest BCUT2D eigenvalue weighted by Gasteiger charge is 2.75. The molecular weight excluding hydrogens is 510 g/mol. The lowest BCUT2D eigenvalue weighted by Gasteiger charge is -2.44. The fraction of sp³-hybridized carbons (Fsp3) is 0.542. The molecule has 6 rings (SSSR count). The molecule has 0 saturated carbocycles. The SMILES string of the molecule is CC1(C)CCOc2c(C(=O)NC3C[N+]4=C(N)N[C@@H](CN5C(=O)CNC5=O)C5N=C(N)NC54C3(O)O)cccc21. The van der Waals surface area contributed by atoms with Gasteiger partial charge >= 0.3 is 12.0 Å². The van der Waals surface area contributed by atoms with Crippen molar-refractivity contribution >= 4 is 29.8 Å². The third kappa shape index (κ3) is 3.45. The van der Waals surface area contributed by atoms with Crippen LogP contribution in [0.5, 0.6) is 5.75 Å². The number of nitrogens with one attached hydrogen (secondary N) is 4. The van der Waals surface area contributed by atoms with E-state index in [0.29, 0.717) is 12.4 Å². The fourth-order valence-corrected chi connectivity index (χ4v) is 6.33. The Bertz CT molecular complexity index is 1340. The Morgan fingerprint density at radius 2 is 2.08 bits per heavy atom. The van der Waals surface area contributed by atoms with Crippen LogP contribution >= 0.6 is 0 Å². The number of aliphatic imine (C=N–C) groups is 1. The van der Waals surface area contributed by atoms with Crippen LogP contribution in [-0.2, 0) is 10.2 Å². The Morgan fingerprint density at radius 1 is 1.31 bits per heavy atom. The third-order valence-corrected chi connectivity index (χ3v) is 8.45. The number of rotatable bonds is 4. The summed E-state index contributed by atoms with van der Waals surface area (Å²) in [5.74, 6) is -3.22. The van der Waals surface area contributed by atoms with Crippen LogP contribution in [0.3, 0.4) is 0 Å². The highest BCUT2D eigenvalue weighted by molar-refractivity contribution is 6.02. The molecule has 15 nitrogen and oxygen atoms in total. The first-order valence-corrected chi connectivity index (χ1v) is 12.7. The van der Waals surface area contributed by atoms with E-state index in [0.717, 1.165) is 16.9 Å². The van der Waals surface area contributed by atoms with E-state index in [-0.39, 0.29) is 42.5 Å². The van der Waals surface area contributed by atoms with Crippen LogP contribution in [0.15, 0.2) is 23.2 Å². The van der Waals surface area contributed by atoms with E-state index in [1.54, 1.807) is 12.1 Å². The van der Waals surface area contributed by atoms with E-state index < -0.39 is 47.4 Å². The highest BCUT2D eigenvalue weighted by Crippen LogP contribution is 2.43. The molecule has 4 amide bonds. The molecule has 4 atom stereocenters. The normalized spacial score (nSPS) is 31.7. The van der Waals surface area contributed by atoms with Gasteiger partial charge in [-0.15, -0.1) is 0 Å². The van der Waals surface area contributed by atoms with Crippen molar-refractivity contribution < 1.29 is 33.9 Å². The van der Waals surface area contributed by atoms with Crippen LogP contribution in [-0.4, -0.2) is 105 Å². The Morgan fingerprint density at radius 3 is 2.79 bits per heavy atom. The van der Waals surface area contributed by atoms with Gasteiger partial charge < -0.3 is 36.6 Å². The maximum atomic E-state index is 13.5. The standard InChI is InChI=1S/C24H31N9O6/c1-22(2)6-7-39-16-11(4-3-5-12(16)22)18(35)29-14-10-33-20(26)28-13(9-32-15(34)8-27-21(32)36)17-23(33,24(14,37)38)31-19(25)30-17/h3-5,13-14,17,37-38H,6-10H2,1-2H3,(H7,25,26,27,28,29,30,31,35,36)/p+1/t13-,14?,17?,23?/m0/s1. The predicted octanol–water partition coefficient (Wildman–Crippen LogP) is -3.63. The summed E-state index contributed by atoms with van der Waals surface area (Å²) >= 11 is 0. The zero-order valence-corrected chi connectivity index (χ0v) is 21.5. The van der Waals surface area contributed by atoms with Gasteiger partial charge in [0, 0.05) is 5.56 Å². The minimum atomic E-state index is -2.64. The van der Waals surface area contributed by atoms with Gasteiger partial charge in [-0.2, -0.15) is 0 Å². The quantitative estimate of drug-likeness (QED) is 0.106. The van der Waals surface area contributed by atoms with E-state index in [1.165, 1.54) is 4.58 Å². The smallest absolute Gasteiger partial charge is 0.346 e. The predicted molar refractivity (Wildman–Crippen MR) is 136 cm³/mol. The number of fused-ring (bicyclic) bond motifs is 1. The van der Waals surface area contributed by atoms with Gasteiger partial charge in [-0.3, -0.25) is 25.5 Å². The number of benzene rings is 1. The molecule has 5 heterocycles. The maximum Gasteiger partial charge on any atom is 0.346 e. The van der Waals surface area contributed by atoms with E-state index in [4.69, 9.17) is 16.2 Å². The van der Waals surface area contributed by atoms with Gasteiger partial charge in [-0.25, -0.2) is 14.4 Å². The first kappa shape index (κ1) is 25.2. The molecule has 1 aromatic carbocycles. The number of guanidine groups is 2. The molecular formula is C24H32N9O6+. The molecule has 0 aliphatic carbocycles. The maximum absolute atomic E-state index is 13.5. The zero-order chi connectivity index (χ0) is 27.9. The van der Waals surface area contributed by atoms with Crippen molar-refractivity contribution in [1.29, 1.82) is 0 Å². The molecule has 208 valence electrons. The molecule has 2 fully saturated rings. The lowest BCUT2D eigenvalue weighted by atomic mass is 9.79. The summed E-state index contributed by atoms with van der Waals surface area (Å²) in [6, 6.07) is 1.68. The number of hydrogen-bond acceptors (Lipinski definition) is 11. The first-order valence-electron chi connectivity index (χ1n) is 12.7. The second kappa shape index (κ2) is 8.19. The van der Waals surface area contributed by atoms with Crippen LogP contribution < -0.4 is 37.5 Å². The zero-order valence-electron chi connectivity index (χ0n) is 21.5. The number of carbonyl (C=O) groups is 3. The van der Waals surface area contributed by atoms with Crippen molar-refractivity contribution in [2.45, 2.75) is 55.3 Å². The number of hydrogen-bond donors (Lipinski definition) is 8. The van der Waals surface area contributed by atoms with Crippen molar-refractivity contribution in [1.82, 2.24) is 26.2 Å². The Hall–Kier alpha value is -4.11. The first-order chi connectivity index (χ1) is 18.4. The summed E-state index contributed by atoms with van der Waals surface area (Å²) in [6.45, 7) is 4.20. The number of carbonyl (C=O) groups excluding carboxylic acids is 3. The minimum absolute atomic E-state index is 0.0344. The molecule has 3 unspecified atom stereocenters. The van der Waals surface area contributed by atoms with Gasteiger partial charge in [0.1, 0.15) is 23.9 Å². The number of para-hydroxylation sites is 1. The molecule has 5 aliphatic heterocycles. The van der Waals surface area contributed by atoms with E-state index >= 15 is 0 Å². The lowest BCUT2D eigenvalue weighted by Crippen LogP contribution is -2.79.